The van der Waals surface area contributed by atoms with Crippen molar-refractivity contribution >= 4 is 22.9 Å². The SMILES string of the molecule is CCC(CC)(CO)CNc1nc(N)nc2nc[nH]c12. The van der Waals surface area contributed by atoms with Gasteiger partial charge < -0.3 is 21.1 Å². The van der Waals surface area contributed by atoms with E-state index in [4.69, 9.17) is 5.73 Å². The molecule has 0 bridgehead atoms. The first-order chi connectivity index (χ1) is 9.14. The fourth-order valence-electron chi connectivity index (χ4n) is 2.03. The predicted octanol–water partition coefficient (Wildman–Crippen LogP) is 1.15. The van der Waals surface area contributed by atoms with Crippen molar-refractivity contribution < 1.29 is 5.11 Å². The number of anilines is 2. The van der Waals surface area contributed by atoms with E-state index in [1.807, 2.05) is 0 Å². The van der Waals surface area contributed by atoms with Gasteiger partial charge in [-0.2, -0.15) is 9.97 Å². The molecular formula is C12H20N6O. The van der Waals surface area contributed by atoms with Crippen LogP contribution in [0.4, 0.5) is 11.8 Å². The van der Waals surface area contributed by atoms with E-state index in [9.17, 15) is 5.11 Å². The molecule has 5 N–H and O–H groups in total. The van der Waals surface area contributed by atoms with Crippen LogP contribution < -0.4 is 11.1 Å². The molecule has 0 saturated heterocycles. The maximum Gasteiger partial charge on any atom is 0.224 e. The zero-order valence-corrected chi connectivity index (χ0v) is 11.3. The number of aliphatic hydroxyl groups is 1. The lowest BCUT2D eigenvalue weighted by atomic mass is 9.83. The Morgan fingerprint density at radius 3 is 2.74 bits per heavy atom. The van der Waals surface area contributed by atoms with E-state index in [1.165, 1.54) is 0 Å². The van der Waals surface area contributed by atoms with E-state index in [0.29, 0.717) is 18.0 Å². The van der Waals surface area contributed by atoms with E-state index >= 15 is 0 Å². The third-order valence-corrected chi connectivity index (χ3v) is 3.77. The standard InChI is InChI=1S/C12H20N6O/c1-3-12(4-2,6-19)5-14-9-8-10(16-7-15-8)18-11(13)17-9/h7,19H,3-6H2,1-2H3,(H4,13,14,15,16,17,18). The van der Waals surface area contributed by atoms with Crippen molar-refractivity contribution in [3.63, 3.8) is 0 Å². The molecule has 2 rings (SSSR count). The number of nitrogens with zero attached hydrogens (tertiary/aromatic N) is 3. The fourth-order valence-corrected chi connectivity index (χ4v) is 2.03. The van der Waals surface area contributed by atoms with E-state index in [-0.39, 0.29) is 18.0 Å². The summed E-state index contributed by atoms with van der Waals surface area (Å²) < 4.78 is 0. The lowest BCUT2D eigenvalue weighted by Gasteiger charge is -2.29. The molecule has 0 aliphatic rings. The van der Waals surface area contributed by atoms with Gasteiger partial charge in [0.1, 0.15) is 5.52 Å². The molecule has 19 heavy (non-hydrogen) atoms. The maximum absolute atomic E-state index is 9.56. The van der Waals surface area contributed by atoms with Crippen molar-refractivity contribution in [1.29, 1.82) is 0 Å². The van der Waals surface area contributed by atoms with E-state index in [1.54, 1.807) is 6.33 Å². The summed E-state index contributed by atoms with van der Waals surface area (Å²) in [6, 6.07) is 0. The lowest BCUT2D eigenvalue weighted by molar-refractivity contribution is 0.127. The van der Waals surface area contributed by atoms with Crippen LogP contribution >= 0.6 is 0 Å². The van der Waals surface area contributed by atoms with Crippen LogP contribution in [0.5, 0.6) is 0 Å². The Morgan fingerprint density at radius 1 is 1.37 bits per heavy atom. The number of imidazole rings is 1. The largest absolute Gasteiger partial charge is 0.396 e. The van der Waals surface area contributed by atoms with Gasteiger partial charge in [-0.3, -0.25) is 0 Å². The molecule has 0 unspecified atom stereocenters. The topological polar surface area (TPSA) is 113 Å². The van der Waals surface area contributed by atoms with E-state index < -0.39 is 0 Å². The number of fused-ring (bicyclic) bond motifs is 1. The summed E-state index contributed by atoms with van der Waals surface area (Å²) >= 11 is 0. The third kappa shape index (κ3) is 2.60. The number of hydrogen-bond donors (Lipinski definition) is 4. The Bertz CT molecular complexity index is 540. The van der Waals surface area contributed by atoms with Crippen LogP contribution in [0.15, 0.2) is 6.33 Å². The molecule has 0 fully saturated rings. The summed E-state index contributed by atoms with van der Waals surface area (Å²) in [5, 5.41) is 12.8. The smallest absolute Gasteiger partial charge is 0.224 e. The van der Waals surface area contributed by atoms with Crippen molar-refractivity contribution in [3.8, 4) is 0 Å². The Morgan fingerprint density at radius 2 is 2.11 bits per heavy atom. The van der Waals surface area contributed by atoms with E-state index in [2.05, 4.69) is 39.1 Å². The number of H-pyrrole nitrogens is 1. The fraction of sp³-hybridized carbons (Fsp3) is 0.583. The zero-order chi connectivity index (χ0) is 13.9. The average molecular weight is 264 g/mol. The number of nitrogens with one attached hydrogen (secondary N) is 2. The van der Waals surface area contributed by atoms with Crippen LogP contribution in [-0.4, -0.2) is 38.2 Å². The first kappa shape index (κ1) is 13.5. The van der Waals surface area contributed by atoms with Gasteiger partial charge in [0.25, 0.3) is 0 Å². The van der Waals surface area contributed by atoms with Crippen LogP contribution in [0.3, 0.4) is 0 Å². The molecule has 0 saturated carbocycles. The van der Waals surface area contributed by atoms with Gasteiger partial charge in [0.05, 0.1) is 12.9 Å². The molecule has 0 aliphatic carbocycles. The first-order valence-corrected chi connectivity index (χ1v) is 6.45. The van der Waals surface area contributed by atoms with Gasteiger partial charge in [0.2, 0.25) is 5.95 Å². The normalized spacial score (nSPS) is 11.9. The Hall–Kier alpha value is -1.89. The van der Waals surface area contributed by atoms with Crippen molar-refractivity contribution in [3.05, 3.63) is 6.33 Å². The molecule has 0 aromatic carbocycles. The second kappa shape index (κ2) is 5.40. The second-order valence-corrected chi connectivity index (χ2v) is 4.75. The predicted molar refractivity (Wildman–Crippen MR) is 74.7 cm³/mol. The monoisotopic (exact) mass is 264 g/mol. The second-order valence-electron chi connectivity index (χ2n) is 4.75. The molecular weight excluding hydrogens is 244 g/mol. The van der Waals surface area contributed by atoms with Gasteiger partial charge in [-0.05, 0) is 12.8 Å². The van der Waals surface area contributed by atoms with Gasteiger partial charge >= 0.3 is 0 Å². The molecule has 0 atom stereocenters. The van der Waals surface area contributed by atoms with Crippen LogP contribution in [0.25, 0.3) is 11.2 Å². The number of hydrogen-bond acceptors (Lipinski definition) is 6. The molecule has 7 heteroatoms. The number of aromatic nitrogens is 4. The summed E-state index contributed by atoms with van der Waals surface area (Å²) in [6.45, 7) is 4.91. The van der Waals surface area contributed by atoms with Gasteiger partial charge in [-0.15, -0.1) is 0 Å². The highest BCUT2D eigenvalue weighted by Crippen LogP contribution is 2.27. The number of rotatable bonds is 6. The van der Waals surface area contributed by atoms with Crippen LogP contribution in [-0.2, 0) is 0 Å². The van der Waals surface area contributed by atoms with Crippen LogP contribution in [0, 0.1) is 5.41 Å². The van der Waals surface area contributed by atoms with E-state index in [0.717, 1.165) is 18.4 Å². The summed E-state index contributed by atoms with van der Waals surface area (Å²) in [7, 11) is 0. The summed E-state index contributed by atoms with van der Waals surface area (Å²) in [6.07, 6.45) is 3.34. The Labute approximate surface area is 111 Å². The summed E-state index contributed by atoms with van der Waals surface area (Å²) in [5.41, 5.74) is 6.78. The number of aromatic amines is 1. The van der Waals surface area contributed by atoms with Crippen LogP contribution in [0.2, 0.25) is 0 Å². The van der Waals surface area contributed by atoms with Gasteiger partial charge in [0.15, 0.2) is 11.5 Å². The quantitative estimate of drug-likeness (QED) is 0.622. The molecule has 0 amide bonds. The molecule has 0 radical (unpaired) electrons. The molecule has 2 aromatic rings. The van der Waals surface area contributed by atoms with Gasteiger partial charge in [-0.1, -0.05) is 13.8 Å². The Kier molecular flexibility index (Phi) is 3.84. The highest BCUT2D eigenvalue weighted by Gasteiger charge is 2.25. The lowest BCUT2D eigenvalue weighted by Crippen LogP contribution is -2.32. The number of nitrogens with two attached hydrogens (primary N) is 1. The van der Waals surface area contributed by atoms with Gasteiger partial charge in [-0.25, -0.2) is 4.98 Å². The first-order valence-electron chi connectivity index (χ1n) is 6.45. The molecule has 104 valence electrons. The van der Waals surface area contributed by atoms with Crippen LogP contribution in [0.1, 0.15) is 26.7 Å². The van der Waals surface area contributed by atoms with Crippen molar-refractivity contribution in [1.82, 2.24) is 19.9 Å². The van der Waals surface area contributed by atoms with Crippen molar-refractivity contribution in [2.45, 2.75) is 26.7 Å². The molecule has 0 aliphatic heterocycles. The number of aliphatic hydroxyl groups excluding tert-OH is 1. The molecule has 0 spiro atoms. The number of nitrogen functional groups attached to an aromatic ring is 1. The molecule has 7 nitrogen and oxygen atoms in total. The van der Waals surface area contributed by atoms with Crippen molar-refractivity contribution in [2.24, 2.45) is 5.41 Å². The van der Waals surface area contributed by atoms with Crippen molar-refractivity contribution in [2.75, 3.05) is 24.2 Å². The average Bonchev–Trinajstić information content (AvgIpc) is 2.88. The maximum atomic E-state index is 9.56. The minimum Gasteiger partial charge on any atom is -0.396 e. The minimum atomic E-state index is -0.147. The highest BCUT2D eigenvalue weighted by molar-refractivity contribution is 5.83. The molecule has 2 heterocycles. The minimum absolute atomic E-state index is 0.139. The zero-order valence-electron chi connectivity index (χ0n) is 11.3. The highest BCUT2D eigenvalue weighted by atomic mass is 16.3. The Balaban J connectivity index is 2.24. The third-order valence-electron chi connectivity index (χ3n) is 3.77. The summed E-state index contributed by atoms with van der Waals surface area (Å²) in [5.74, 6) is 0.810. The summed E-state index contributed by atoms with van der Waals surface area (Å²) in [4.78, 5) is 15.3. The molecule has 2 aromatic heterocycles. The van der Waals surface area contributed by atoms with Gasteiger partial charge in [0, 0.05) is 12.0 Å².